The molecule has 1 atom stereocenters. The zero-order valence-corrected chi connectivity index (χ0v) is 20.1. The van der Waals surface area contributed by atoms with E-state index in [1.165, 1.54) is 4.90 Å². The minimum Gasteiger partial charge on any atom is -0.480 e. The molecule has 1 aromatic heterocycles. The van der Waals surface area contributed by atoms with Crippen LogP contribution >= 0.6 is 0 Å². The van der Waals surface area contributed by atoms with Gasteiger partial charge in [0.25, 0.3) is 0 Å². The molecule has 0 saturated heterocycles. The maximum Gasteiger partial charge on any atom is 0.326 e. The number of aliphatic carboxylic acids is 1. The molecule has 1 amide bonds. The van der Waals surface area contributed by atoms with Gasteiger partial charge < -0.3 is 15.1 Å². The molecule has 3 rings (SSSR count). The molecule has 0 unspecified atom stereocenters. The predicted molar refractivity (Wildman–Crippen MR) is 130 cm³/mol. The number of aliphatic hydroxyl groups is 1. The molecule has 0 aliphatic heterocycles. The lowest BCUT2D eigenvalue weighted by atomic mass is 9.97. The van der Waals surface area contributed by atoms with E-state index in [1.807, 2.05) is 69.3 Å². The summed E-state index contributed by atoms with van der Waals surface area (Å²) in [6, 6.07) is 14.8. The normalized spacial score (nSPS) is 11.5. The fourth-order valence-corrected chi connectivity index (χ4v) is 3.79. The van der Waals surface area contributed by atoms with Gasteiger partial charge in [0.15, 0.2) is 5.82 Å². The van der Waals surface area contributed by atoms with Crippen molar-refractivity contribution in [1.82, 2.24) is 25.5 Å². The number of nitrogens with one attached hydrogen (secondary N) is 1. The minimum atomic E-state index is -0.976. The number of aliphatic hydroxyl groups excluding tert-OH is 1. The Bertz CT molecular complexity index is 1040. The summed E-state index contributed by atoms with van der Waals surface area (Å²) in [5.74, 6) is -0.713. The van der Waals surface area contributed by atoms with Crippen LogP contribution in [0.2, 0.25) is 0 Å². The summed E-state index contributed by atoms with van der Waals surface area (Å²) >= 11 is 0. The number of benzene rings is 2. The van der Waals surface area contributed by atoms with Crippen LogP contribution in [0, 0.1) is 5.92 Å². The highest BCUT2D eigenvalue weighted by atomic mass is 16.4. The van der Waals surface area contributed by atoms with Gasteiger partial charge in [-0.1, -0.05) is 75.7 Å². The minimum absolute atomic E-state index is 0.125. The van der Waals surface area contributed by atoms with Crippen molar-refractivity contribution >= 4 is 11.9 Å². The number of carbonyl (C=O) groups excluding carboxylic acids is 1. The van der Waals surface area contributed by atoms with E-state index in [2.05, 4.69) is 20.6 Å². The number of hydrogen-bond acceptors (Lipinski definition) is 6. The van der Waals surface area contributed by atoms with Crippen molar-refractivity contribution in [2.24, 2.45) is 5.92 Å². The SMILES string of the molecule is CCCCC(=O)N(Cc1ccc(-c2ccccc2-c2nnn[nH]2)cc1)[C@H](C(=O)O)C(C)C.CO. The Morgan fingerprint density at radius 2 is 1.68 bits per heavy atom. The zero-order valence-electron chi connectivity index (χ0n) is 20.1. The highest BCUT2D eigenvalue weighted by molar-refractivity contribution is 5.84. The first-order valence-electron chi connectivity index (χ1n) is 11.3. The first kappa shape index (κ1) is 26.7. The summed E-state index contributed by atoms with van der Waals surface area (Å²) in [6.07, 6.45) is 1.98. The van der Waals surface area contributed by atoms with Crippen LogP contribution in [0.25, 0.3) is 22.5 Å². The van der Waals surface area contributed by atoms with E-state index >= 15 is 0 Å². The van der Waals surface area contributed by atoms with E-state index < -0.39 is 12.0 Å². The van der Waals surface area contributed by atoms with Crippen LogP contribution in [0.15, 0.2) is 48.5 Å². The summed E-state index contributed by atoms with van der Waals surface area (Å²) in [6.45, 7) is 5.93. The lowest BCUT2D eigenvalue weighted by Gasteiger charge is -2.32. The van der Waals surface area contributed by atoms with Crippen LogP contribution < -0.4 is 0 Å². The van der Waals surface area contributed by atoms with Gasteiger partial charge in [-0.25, -0.2) is 9.89 Å². The molecular formula is C25H33N5O4. The number of nitrogens with zero attached hydrogens (tertiary/aromatic N) is 4. The molecule has 0 spiro atoms. The molecule has 9 heteroatoms. The Kier molecular flexibility index (Phi) is 10.3. The third-order valence-electron chi connectivity index (χ3n) is 5.43. The molecule has 0 aliphatic rings. The summed E-state index contributed by atoms with van der Waals surface area (Å²) in [5.41, 5.74) is 3.71. The van der Waals surface area contributed by atoms with E-state index in [4.69, 9.17) is 5.11 Å². The molecular weight excluding hydrogens is 434 g/mol. The Morgan fingerprint density at radius 1 is 1.03 bits per heavy atom. The summed E-state index contributed by atoms with van der Waals surface area (Å²) in [5, 5.41) is 30.9. The predicted octanol–water partition coefficient (Wildman–Crippen LogP) is 3.77. The molecule has 3 aromatic rings. The van der Waals surface area contributed by atoms with Crippen LogP contribution in [0.1, 0.15) is 45.6 Å². The number of aromatic nitrogens is 4. The van der Waals surface area contributed by atoms with E-state index in [9.17, 15) is 14.7 Å². The fourth-order valence-electron chi connectivity index (χ4n) is 3.79. The molecule has 34 heavy (non-hydrogen) atoms. The van der Waals surface area contributed by atoms with E-state index in [0.717, 1.165) is 42.2 Å². The molecule has 0 bridgehead atoms. The van der Waals surface area contributed by atoms with Crippen molar-refractivity contribution in [2.45, 2.75) is 52.6 Å². The van der Waals surface area contributed by atoms with Gasteiger partial charge in [-0.05, 0) is 39.5 Å². The van der Waals surface area contributed by atoms with Gasteiger partial charge in [0, 0.05) is 25.6 Å². The van der Waals surface area contributed by atoms with Gasteiger partial charge in [-0.3, -0.25) is 4.79 Å². The van der Waals surface area contributed by atoms with Gasteiger partial charge in [-0.15, -0.1) is 5.10 Å². The molecule has 2 aromatic carbocycles. The van der Waals surface area contributed by atoms with E-state index in [1.54, 1.807) is 0 Å². The van der Waals surface area contributed by atoms with Crippen LogP contribution in [0.3, 0.4) is 0 Å². The highest BCUT2D eigenvalue weighted by Crippen LogP contribution is 2.30. The van der Waals surface area contributed by atoms with Crippen molar-refractivity contribution in [3.8, 4) is 22.5 Å². The molecule has 9 nitrogen and oxygen atoms in total. The lowest BCUT2D eigenvalue weighted by molar-refractivity contribution is -0.153. The van der Waals surface area contributed by atoms with E-state index in [-0.39, 0.29) is 18.4 Å². The Hall–Kier alpha value is -3.59. The molecule has 0 aliphatic carbocycles. The quantitative estimate of drug-likeness (QED) is 0.413. The average Bonchev–Trinajstić information content (AvgIpc) is 3.38. The number of rotatable bonds is 10. The molecule has 0 radical (unpaired) electrons. The van der Waals surface area contributed by atoms with Gasteiger partial charge in [0.05, 0.1) is 0 Å². The molecule has 3 N–H and O–H groups in total. The monoisotopic (exact) mass is 467 g/mol. The fraction of sp³-hybridized carbons (Fsp3) is 0.400. The first-order chi connectivity index (χ1) is 16.4. The van der Waals surface area contributed by atoms with Gasteiger partial charge >= 0.3 is 5.97 Å². The van der Waals surface area contributed by atoms with Crippen LogP contribution in [0.4, 0.5) is 0 Å². The number of carboxylic acid groups (broad SMARTS) is 1. The third-order valence-corrected chi connectivity index (χ3v) is 5.43. The number of hydrogen-bond donors (Lipinski definition) is 3. The second-order valence-electron chi connectivity index (χ2n) is 8.14. The van der Waals surface area contributed by atoms with Gasteiger partial charge in [0.1, 0.15) is 6.04 Å². The zero-order chi connectivity index (χ0) is 25.1. The molecule has 0 saturated carbocycles. The maximum atomic E-state index is 12.9. The molecule has 0 fully saturated rings. The van der Waals surface area contributed by atoms with E-state index in [0.29, 0.717) is 12.2 Å². The summed E-state index contributed by atoms with van der Waals surface area (Å²) < 4.78 is 0. The van der Waals surface area contributed by atoms with Gasteiger partial charge in [0.2, 0.25) is 5.91 Å². The van der Waals surface area contributed by atoms with Crippen LogP contribution in [-0.2, 0) is 16.1 Å². The van der Waals surface area contributed by atoms with Crippen molar-refractivity contribution in [2.75, 3.05) is 7.11 Å². The number of aromatic amines is 1. The molecule has 182 valence electrons. The third kappa shape index (κ3) is 6.71. The standard InChI is InChI=1S/C24H29N5O3.CH4O/c1-4-5-10-21(30)29(22(16(2)3)24(31)32)15-17-11-13-18(14-12-17)19-8-6-7-9-20(19)23-25-27-28-26-23;1-2/h6-9,11-14,16,22H,4-5,10,15H2,1-3H3,(H,31,32)(H,25,26,27,28);2H,1H3/t22-;/m0./s1. The number of tetrazole rings is 1. The Morgan fingerprint density at radius 3 is 2.21 bits per heavy atom. The first-order valence-corrected chi connectivity index (χ1v) is 11.3. The second-order valence-corrected chi connectivity index (χ2v) is 8.14. The summed E-state index contributed by atoms with van der Waals surface area (Å²) in [4.78, 5) is 26.3. The number of amides is 1. The number of H-pyrrole nitrogens is 1. The maximum absolute atomic E-state index is 12.9. The highest BCUT2D eigenvalue weighted by Gasteiger charge is 2.32. The number of carbonyl (C=O) groups is 2. The largest absolute Gasteiger partial charge is 0.480 e. The van der Waals surface area contributed by atoms with Gasteiger partial charge in [-0.2, -0.15) is 0 Å². The second kappa shape index (κ2) is 13.2. The van der Waals surface area contributed by atoms with Crippen molar-refractivity contribution in [1.29, 1.82) is 0 Å². The van der Waals surface area contributed by atoms with Crippen molar-refractivity contribution in [3.63, 3.8) is 0 Å². The Labute approximate surface area is 199 Å². The van der Waals surface area contributed by atoms with Crippen LogP contribution in [-0.4, -0.2) is 60.8 Å². The topological polar surface area (TPSA) is 132 Å². The summed E-state index contributed by atoms with van der Waals surface area (Å²) in [7, 11) is 1.00. The van der Waals surface area contributed by atoms with Crippen LogP contribution in [0.5, 0.6) is 0 Å². The number of carboxylic acids is 1. The molecule has 1 heterocycles. The lowest BCUT2D eigenvalue weighted by Crippen LogP contribution is -2.47. The smallest absolute Gasteiger partial charge is 0.326 e. The van der Waals surface area contributed by atoms with Crippen molar-refractivity contribution < 1.29 is 19.8 Å². The average molecular weight is 468 g/mol. The van der Waals surface area contributed by atoms with Crippen molar-refractivity contribution in [3.05, 3.63) is 54.1 Å². The Balaban J connectivity index is 0.00000199. The number of unbranched alkanes of at least 4 members (excludes halogenated alkanes) is 1.